The molecule has 0 aliphatic heterocycles. The lowest BCUT2D eigenvalue weighted by molar-refractivity contribution is 0.776. The number of nitrogen functional groups attached to an aromatic ring is 1. The second-order valence-electron chi connectivity index (χ2n) is 4.44. The van der Waals surface area contributed by atoms with E-state index >= 15 is 0 Å². The molecule has 0 radical (unpaired) electrons. The third-order valence-electron chi connectivity index (χ3n) is 2.93. The number of halogens is 2. The van der Waals surface area contributed by atoms with Gasteiger partial charge in [0.15, 0.2) is 5.13 Å². The predicted octanol–water partition coefficient (Wildman–Crippen LogP) is 4.97. The van der Waals surface area contributed by atoms with Crippen molar-refractivity contribution in [1.82, 2.24) is 4.98 Å². The molecule has 5 heteroatoms. The van der Waals surface area contributed by atoms with Gasteiger partial charge in [-0.25, -0.2) is 4.98 Å². The zero-order chi connectivity index (χ0) is 13.8. The highest BCUT2D eigenvalue weighted by Gasteiger charge is 2.11. The summed E-state index contributed by atoms with van der Waals surface area (Å²) in [5, 5.41) is 1.98. The minimum Gasteiger partial charge on any atom is -0.375 e. The summed E-state index contributed by atoms with van der Waals surface area (Å²) in [6.07, 6.45) is 4.03. The van der Waals surface area contributed by atoms with Crippen LogP contribution >= 0.6 is 34.5 Å². The molecule has 102 valence electrons. The number of anilines is 1. The van der Waals surface area contributed by atoms with E-state index in [-0.39, 0.29) is 0 Å². The maximum Gasteiger partial charge on any atom is 0.180 e. The van der Waals surface area contributed by atoms with Gasteiger partial charge >= 0.3 is 0 Å². The van der Waals surface area contributed by atoms with Crippen molar-refractivity contribution >= 4 is 39.7 Å². The third-order valence-corrected chi connectivity index (χ3v) is 4.44. The van der Waals surface area contributed by atoms with E-state index < -0.39 is 0 Å². The van der Waals surface area contributed by atoms with E-state index in [0.29, 0.717) is 15.2 Å². The summed E-state index contributed by atoms with van der Waals surface area (Å²) < 4.78 is 0. The van der Waals surface area contributed by atoms with Crippen molar-refractivity contribution in [3.8, 4) is 0 Å². The van der Waals surface area contributed by atoms with Crippen LogP contribution in [0.2, 0.25) is 10.0 Å². The summed E-state index contributed by atoms with van der Waals surface area (Å²) in [4.78, 5) is 5.62. The van der Waals surface area contributed by atoms with Crippen LogP contribution < -0.4 is 5.73 Å². The van der Waals surface area contributed by atoms with E-state index in [0.717, 1.165) is 36.9 Å². The van der Waals surface area contributed by atoms with E-state index in [1.165, 1.54) is 4.88 Å². The van der Waals surface area contributed by atoms with Crippen molar-refractivity contribution < 1.29 is 0 Å². The Kier molecular flexibility index (Phi) is 5.08. The number of aryl methyl sites for hydroxylation is 1. The van der Waals surface area contributed by atoms with Gasteiger partial charge in [-0.2, -0.15) is 0 Å². The van der Waals surface area contributed by atoms with E-state index in [1.807, 2.05) is 12.1 Å². The standard InChI is InChI=1S/C14H16Cl2N2S/c1-2-3-4-12-13(19-14(17)18-12)7-9-5-6-10(15)8-11(9)16/h5-6,8H,2-4,7H2,1H3,(H2,17,18). The van der Waals surface area contributed by atoms with Gasteiger partial charge in [0.25, 0.3) is 0 Å². The molecule has 2 rings (SSSR count). The molecule has 1 aromatic carbocycles. The lowest BCUT2D eigenvalue weighted by Gasteiger charge is -2.05. The lowest BCUT2D eigenvalue weighted by Crippen LogP contribution is -1.94. The fourth-order valence-electron chi connectivity index (χ4n) is 1.92. The Morgan fingerprint density at radius 3 is 2.79 bits per heavy atom. The molecule has 1 heterocycles. The fraction of sp³-hybridized carbons (Fsp3) is 0.357. The van der Waals surface area contributed by atoms with Crippen molar-refractivity contribution in [3.05, 3.63) is 44.4 Å². The first kappa shape index (κ1) is 14.6. The summed E-state index contributed by atoms with van der Waals surface area (Å²) in [6, 6.07) is 5.59. The third kappa shape index (κ3) is 3.85. The number of nitrogens with two attached hydrogens (primary N) is 1. The monoisotopic (exact) mass is 314 g/mol. The quantitative estimate of drug-likeness (QED) is 0.846. The molecule has 2 aromatic rings. The normalized spacial score (nSPS) is 10.9. The average molecular weight is 315 g/mol. The molecule has 0 spiro atoms. The Morgan fingerprint density at radius 1 is 1.32 bits per heavy atom. The molecule has 0 saturated heterocycles. The van der Waals surface area contributed by atoms with Crippen molar-refractivity contribution in [3.63, 3.8) is 0 Å². The molecule has 0 atom stereocenters. The van der Waals surface area contributed by atoms with Crippen molar-refractivity contribution in [2.45, 2.75) is 32.6 Å². The number of rotatable bonds is 5. The van der Waals surface area contributed by atoms with Gasteiger partial charge in [0.05, 0.1) is 5.69 Å². The SMILES string of the molecule is CCCCc1nc(N)sc1Cc1ccc(Cl)cc1Cl. The number of thiazole rings is 1. The van der Waals surface area contributed by atoms with Gasteiger partial charge in [0.1, 0.15) is 0 Å². The first-order valence-corrected chi connectivity index (χ1v) is 7.85. The topological polar surface area (TPSA) is 38.9 Å². The molecular weight excluding hydrogens is 299 g/mol. The summed E-state index contributed by atoms with van der Waals surface area (Å²) in [7, 11) is 0. The predicted molar refractivity (Wildman–Crippen MR) is 84.4 cm³/mol. The summed E-state index contributed by atoms with van der Waals surface area (Å²) in [5.74, 6) is 0. The van der Waals surface area contributed by atoms with Crippen LogP contribution in [0.1, 0.15) is 35.9 Å². The van der Waals surface area contributed by atoms with Crippen LogP contribution in [0.4, 0.5) is 5.13 Å². The molecule has 19 heavy (non-hydrogen) atoms. The Hall–Kier alpha value is -0.770. The van der Waals surface area contributed by atoms with Crippen LogP contribution in [-0.2, 0) is 12.8 Å². The van der Waals surface area contributed by atoms with Gasteiger partial charge in [-0.05, 0) is 30.5 Å². The Morgan fingerprint density at radius 2 is 2.11 bits per heavy atom. The minimum atomic E-state index is 0.631. The van der Waals surface area contributed by atoms with Gasteiger partial charge in [0.2, 0.25) is 0 Å². The van der Waals surface area contributed by atoms with E-state index in [4.69, 9.17) is 28.9 Å². The maximum atomic E-state index is 6.21. The van der Waals surface area contributed by atoms with Crippen molar-refractivity contribution in [2.75, 3.05) is 5.73 Å². The molecule has 1 aromatic heterocycles. The second-order valence-corrected chi connectivity index (χ2v) is 6.40. The summed E-state index contributed by atoms with van der Waals surface area (Å²) >= 11 is 13.7. The van der Waals surface area contributed by atoms with Gasteiger partial charge in [0, 0.05) is 21.3 Å². The number of hydrogen-bond donors (Lipinski definition) is 1. The Bertz CT molecular complexity index is 567. The number of unbranched alkanes of at least 4 members (excludes halogenated alkanes) is 1. The van der Waals surface area contributed by atoms with Crippen LogP contribution in [0.25, 0.3) is 0 Å². The molecule has 0 unspecified atom stereocenters. The van der Waals surface area contributed by atoms with Gasteiger partial charge < -0.3 is 5.73 Å². The summed E-state index contributed by atoms with van der Waals surface area (Å²) in [6.45, 7) is 2.17. The number of aromatic nitrogens is 1. The Balaban J connectivity index is 2.22. The molecule has 0 aliphatic carbocycles. The molecule has 2 N–H and O–H groups in total. The van der Waals surface area contributed by atoms with E-state index in [9.17, 15) is 0 Å². The van der Waals surface area contributed by atoms with Crippen LogP contribution in [0.5, 0.6) is 0 Å². The van der Waals surface area contributed by atoms with Gasteiger partial charge in [-0.15, -0.1) is 11.3 Å². The van der Waals surface area contributed by atoms with Crippen LogP contribution in [0.15, 0.2) is 18.2 Å². The first-order chi connectivity index (χ1) is 9.10. The van der Waals surface area contributed by atoms with E-state index in [1.54, 1.807) is 17.4 Å². The molecule has 0 aliphatic rings. The van der Waals surface area contributed by atoms with Crippen LogP contribution in [0, 0.1) is 0 Å². The second kappa shape index (κ2) is 6.60. The molecule has 0 fully saturated rings. The highest BCUT2D eigenvalue weighted by atomic mass is 35.5. The van der Waals surface area contributed by atoms with Crippen molar-refractivity contribution in [1.29, 1.82) is 0 Å². The van der Waals surface area contributed by atoms with Gasteiger partial charge in [-0.1, -0.05) is 42.6 Å². The zero-order valence-corrected chi connectivity index (χ0v) is 13.1. The number of nitrogens with zero attached hydrogens (tertiary/aromatic N) is 1. The van der Waals surface area contributed by atoms with E-state index in [2.05, 4.69) is 11.9 Å². The first-order valence-electron chi connectivity index (χ1n) is 6.28. The molecule has 2 nitrogen and oxygen atoms in total. The molecule has 0 saturated carbocycles. The molecular formula is C14H16Cl2N2S. The van der Waals surface area contributed by atoms with Crippen LogP contribution in [0.3, 0.4) is 0 Å². The number of benzene rings is 1. The molecule has 0 bridgehead atoms. The molecule has 0 amide bonds. The maximum absolute atomic E-state index is 6.21. The van der Waals surface area contributed by atoms with Crippen LogP contribution in [-0.4, -0.2) is 4.98 Å². The van der Waals surface area contributed by atoms with Gasteiger partial charge in [-0.3, -0.25) is 0 Å². The lowest BCUT2D eigenvalue weighted by atomic mass is 10.1. The highest BCUT2D eigenvalue weighted by Crippen LogP contribution is 2.29. The number of hydrogen-bond acceptors (Lipinski definition) is 3. The van der Waals surface area contributed by atoms with Crippen molar-refractivity contribution in [2.24, 2.45) is 0 Å². The average Bonchev–Trinajstić information content (AvgIpc) is 2.70. The fourth-order valence-corrected chi connectivity index (χ4v) is 3.30. The minimum absolute atomic E-state index is 0.631. The highest BCUT2D eigenvalue weighted by molar-refractivity contribution is 7.15. The zero-order valence-electron chi connectivity index (χ0n) is 10.7. The largest absolute Gasteiger partial charge is 0.375 e. The smallest absolute Gasteiger partial charge is 0.180 e. The Labute approximate surface area is 127 Å². The summed E-state index contributed by atoms with van der Waals surface area (Å²) in [5.41, 5.74) is 7.99.